The van der Waals surface area contributed by atoms with Crippen molar-refractivity contribution in [3.05, 3.63) is 46.0 Å². The standard InChI is InChI=1S/C14H11F3INO4S/c1-22-13-7-6-11(8-12(13)18)24(20,21)19-9-2-4-10(5-3-9)23-14(15,16)17/h2-8,19H,1H3. The number of benzene rings is 2. The summed E-state index contributed by atoms with van der Waals surface area (Å²) in [6.07, 6.45) is -4.80. The second-order valence-corrected chi connectivity index (χ2v) is 7.32. The van der Waals surface area contributed by atoms with Gasteiger partial charge >= 0.3 is 6.36 Å². The predicted molar refractivity (Wildman–Crippen MR) is 89.6 cm³/mol. The maximum Gasteiger partial charge on any atom is 0.573 e. The molecule has 1 N–H and O–H groups in total. The topological polar surface area (TPSA) is 64.6 Å². The zero-order valence-electron chi connectivity index (χ0n) is 12.1. The lowest BCUT2D eigenvalue weighted by molar-refractivity contribution is -0.274. The Morgan fingerprint density at radius 1 is 1.08 bits per heavy atom. The van der Waals surface area contributed by atoms with Gasteiger partial charge in [0.05, 0.1) is 15.6 Å². The Labute approximate surface area is 150 Å². The van der Waals surface area contributed by atoms with Crippen molar-refractivity contribution in [3.63, 3.8) is 0 Å². The van der Waals surface area contributed by atoms with E-state index in [-0.39, 0.29) is 10.6 Å². The van der Waals surface area contributed by atoms with Crippen molar-refractivity contribution < 1.29 is 31.1 Å². The van der Waals surface area contributed by atoms with Crippen LogP contribution < -0.4 is 14.2 Å². The van der Waals surface area contributed by atoms with Crippen LogP contribution in [0.1, 0.15) is 0 Å². The Balaban J connectivity index is 2.18. The minimum absolute atomic E-state index is 0.00307. The molecule has 0 fully saturated rings. The number of methoxy groups -OCH3 is 1. The monoisotopic (exact) mass is 473 g/mol. The molecule has 0 heterocycles. The summed E-state index contributed by atoms with van der Waals surface area (Å²) in [5, 5.41) is 0. The molecule has 0 aliphatic rings. The van der Waals surface area contributed by atoms with Crippen LogP contribution in [0.3, 0.4) is 0 Å². The third-order valence-corrected chi connectivity index (χ3v) is 5.00. The van der Waals surface area contributed by atoms with E-state index in [0.717, 1.165) is 12.1 Å². The summed E-state index contributed by atoms with van der Waals surface area (Å²) in [5.41, 5.74) is 0.107. The molecule has 0 saturated carbocycles. The third-order valence-electron chi connectivity index (χ3n) is 2.77. The van der Waals surface area contributed by atoms with Gasteiger partial charge in [-0.1, -0.05) is 0 Å². The molecule has 2 rings (SSSR count). The molecule has 0 atom stereocenters. The van der Waals surface area contributed by atoms with Crippen LogP contribution in [-0.2, 0) is 10.0 Å². The first-order valence-corrected chi connectivity index (χ1v) is 8.89. The number of rotatable bonds is 5. The van der Waals surface area contributed by atoms with Crippen molar-refractivity contribution in [1.82, 2.24) is 0 Å². The van der Waals surface area contributed by atoms with Crippen LogP contribution in [0.25, 0.3) is 0 Å². The number of hydrogen-bond acceptors (Lipinski definition) is 4. The van der Waals surface area contributed by atoms with Gasteiger partial charge in [-0.15, -0.1) is 13.2 Å². The Morgan fingerprint density at radius 3 is 2.21 bits per heavy atom. The molecule has 10 heteroatoms. The Hall–Kier alpha value is -1.69. The fourth-order valence-electron chi connectivity index (χ4n) is 1.75. The lowest BCUT2D eigenvalue weighted by Gasteiger charge is -2.11. The molecule has 0 spiro atoms. The average Bonchev–Trinajstić information content (AvgIpc) is 2.47. The molecule has 0 radical (unpaired) electrons. The molecular formula is C14H11F3INO4S. The van der Waals surface area contributed by atoms with E-state index in [1.54, 1.807) is 0 Å². The molecular weight excluding hydrogens is 462 g/mol. The molecule has 0 aromatic heterocycles. The highest BCUT2D eigenvalue weighted by Gasteiger charge is 2.31. The summed E-state index contributed by atoms with van der Waals surface area (Å²) in [6.45, 7) is 0. The first-order chi connectivity index (χ1) is 11.1. The molecule has 0 amide bonds. The highest BCUT2D eigenvalue weighted by Crippen LogP contribution is 2.27. The van der Waals surface area contributed by atoms with Gasteiger partial charge < -0.3 is 9.47 Å². The van der Waals surface area contributed by atoms with Crippen molar-refractivity contribution in [2.75, 3.05) is 11.8 Å². The number of anilines is 1. The van der Waals surface area contributed by atoms with Crippen LogP contribution in [0, 0.1) is 3.57 Å². The summed E-state index contributed by atoms with van der Waals surface area (Å²) in [7, 11) is -2.42. The first-order valence-electron chi connectivity index (χ1n) is 6.33. The Morgan fingerprint density at radius 2 is 1.71 bits per heavy atom. The fraction of sp³-hybridized carbons (Fsp3) is 0.143. The molecule has 0 aliphatic heterocycles. The zero-order chi connectivity index (χ0) is 18.0. The van der Waals surface area contributed by atoms with E-state index >= 15 is 0 Å². The highest BCUT2D eigenvalue weighted by atomic mass is 127. The lowest BCUT2D eigenvalue weighted by atomic mass is 10.3. The van der Waals surface area contributed by atoms with Crippen molar-refractivity contribution in [3.8, 4) is 11.5 Å². The van der Waals surface area contributed by atoms with Gasteiger partial charge in [-0.25, -0.2) is 8.42 Å². The molecule has 0 bridgehead atoms. The van der Waals surface area contributed by atoms with Crippen LogP contribution in [0.15, 0.2) is 47.4 Å². The van der Waals surface area contributed by atoms with Crippen LogP contribution in [0.4, 0.5) is 18.9 Å². The summed E-state index contributed by atoms with van der Waals surface area (Å²) in [4.78, 5) is 0.00307. The molecule has 0 aliphatic carbocycles. The van der Waals surface area contributed by atoms with E-state index in [1.807, 2.05) is 22.6 Å². The lowest BCUT2D eigenvalue weighted by Crippen LogP contribution is -2.17. The smallest absolute Gasteiger partial charge is 0.496 e. The number of halogens is 4. The van der Waals surface area contributed by atoms with E-state index in [9.17, 15) is 21.6 Å². The average molecular weight is 473 g/mol. The van der Waals surface area contributed by atoms with Crippen molar-refractivity contribution in [2.45, 2.75) is 11.3 Å². The summed E-state index contributed by atoms with van der Waals surface area (Å²) in [5.74, 6) is 0.0904. The summed E-state index contributed by atoms with van der Waals surface area (Å²) < 4.78 is 72.5. The zero-order valence-corrected chi connectivity index (χ0v) is 15.1. The van der Waals surface area contributed by atoms with Crippen LogP contribution in [-0.4, -0.2) is 21.9 Å². The highest BCUT2D eigenvalue weighted by molar-refractivity contribution is 14.1. The van der Waals surface area contributed by atoms with E-state index in [1.165, 1.54) is 37.4 Å². The van der Waals surface area contributed by atoms with Crippen LogP contribution >= 0.6 is 22.6 Å². The van der Waals surface area contributed by atoms with Crippen LogP contribution in [0.2, 0.25) is 0 Å². The minimum atomic E-state index is -4.80. The Kier molecular flexibility index (Phi) is 5.48. The van der Waals surface area contributed by atoms with E-state index in [4.69, 9.17) is 4.74 Å². The predicted octanol–water partition coefficient (Wildman–Crippen LogP) is 4.00. The molecule has 5 nitrogen and oxygen atoms in total. The van der Waals surface area contributed by atoms with E-state index in [0.29, 0.717) is 9.32 Å². The van der Waals surface area contributed by atoms with Gasteiger partial charge in [0.25, 0.3) is 10.0 Å². The minimum Gasteiger partial charge on any atom is -0.496 e. The fourth-order valence-corrected chi connectivity index (χ4v) is 3.78. The van der Waals surface area contributed by atoms with Gasteiger partial charge in [0, 0.05) is 5.69 Å². The quantitative estimate of drug-likeness (QED) is 0.668. The number of hydrogen-bond donors (Lipinski definition) is 1. The Bertz CT molecular complexity index is 823. The van der Waals surface area contributed by atoms with Gasteiger partial charge in [-0.3, -0.25) is 4.72 Å². The maximum absolute atomic E-state index is 12.3. The molecule has 24 heavy (non-hydrogen) atoms. The normalized spacial score (nSPS) is 11.9. The van der Waals surface area contributed by atoms with Crippen LogP contribution in [0.5, 0.6) is 11.5 Å². The second-order valence-electron chi connectivity index (χ2n) is 4.47. The molecule has 2 aromatic carbocycles. The largest absolute Gasteiger partial charge is 0.573 e. The summed E-state index contributed by atoms with van der Waals surface area (Å²) >= 11 is 1.93. The molecule has 2 aromatic rings. The number of ether oxygens (including phenoxy) is 2. The van der Waals surface area contributed by atoms with Gasteiger partial charge in [0.2, 0.25) is 0 Å². The van der Waals surface area contributed by atoms with E-state index in [2.05, 4.69) is 9.46 Å². The van der Waals surface area contributed by atoms with Crippen molar-refractivity contribution in [2.24, 2.45) is 0 Å². The van der Waals surface area contributed by atoms with Gasteiger partial charge in [-0.2, -0.15) is 0 Å². The number of sulfonamides is 1. The molecule has 0 saturated heterocycles. The third kappa shape index (κ3) is 4.90. The van der Waals surface area contributed by atoms with Crippen molar-refractivity contribution >= 4 is 38.3 Å². The number of alkyl halides is 3. The summed E-state index contributed by atoms with van der Waals surface area (Å²) in [6, 6.07) is 8.68. The van der Waals surface area contributed by atoms with Gasteiger partial charge in [-0.05, 0) is 65.1 Å². The maximum atomic E-state index is 12.3. The van der Waals surface area contributed by atoms with Gasteiger partial charge in [0.1, 0.15) is 11.5 Å². The second kappa shape index (κ2) is 7.05. The van der Waals surface area contributed by atoms with Crippen molar-refractivity contribution in [1.29, 1.82) is 0 Å². The SMILES string of the molecule is COc1ccc(S(=O)(=O)Nc2ccc(OC(F)(F)F)cc2)cc1I. The first kappa shape index (κ1) is 18.6. The van der Waals surface area contributed by atoms with Gasteiger partial charge in [0.15, 0.2) is 0 Å². The van der Waals surface area contributed by atoms with E-state index < -0.39 is 22.1 Å². The molecule has 0 unspecified atom stereocenters. The molecule has 130 valence electrons. The number of nitrogens with one attached hydrogen (secondary N) is 1.